The molecule has 2 aromatic rings. The fourth-order valence-electron chi connectivity index (χ4n) is 2.08. The molecular weight excluding hydrogens is 258 g/mol. The van der Waals surface area contributed by atoms with E-state index in [-0.39, 0.29) is 6.04 Å². The number of carbonyl (C=O) groups excluding carboxylic acids is 1. The molecule has 0 radical (unpaired) electrons. The summed E-state index contributed by atoms with van der Waals surface area (Å²) in [5.41, 5.74) is 0.264. The van der Waals surface area contributed by atoms with Crippen LogP contribution in [0.15, 0.2) is 35.1 Å². The van der Waals surface area contributed by atoms with Gasteiger partial charge >= 0.3 is 11.7 Å². The van der Waals surface area contributed by atoms with Crippen molar-refractivity contribution in [3.8, 4) is 0 Å². The molecule has 0 saturated heterocycles. The van der Waals surface area contributed by atoms with Gasteiger partial charge in [0.1, 0.15) is 0 Å². The van der Waals surface area contributed by atoms with Gasteiger partial charge in [-0.05, 0) is 42.3 Å². The van der Waals surface area contributed by atoms with E-state index >= 15 is 0 Å². The molecule has 0 unspecified atom stereocenters. The van der Waals surface area contributed by atoms with Gasteiger partial charge < -0.3 is 0 Å². The first kappa shape index (κ1) is 12.6. The van der Waals surface area contributed by atoms with Crippen LogP contribution in [0.5, 0.6) is 0 Å². The van der Waals surface area contributed by atoms with Gasteiger partial charge in [-0.25, -0.2) is 9.59 Å². The van der Waals surface area contributed by atoms with Crippen LogP contribution in [0.3, 0.4) is 0 Å². The Morgan fingerprint density at radius 3 is 2.60 bits per heavy atom. The zero-order valence-electron chi connectivity index (χ0n) is 11.1. The van der Waals surface area contributed by atoms with E-state index in [0.29, 0.717) is 6.54 Å². The van der Waals surface area contributed by atoms with Gasteiger partial charge in [-0.1, -0.05) is 18.2 Å². The van der Waals surface area contributed by atoms with Crippen molar-refractivity contribution in [1.29, 1.82) is 0 Å². The molecule has 0 N–H and O–H groups in total. The number of hydrogen-bond donors (Lipinski definition) is 0. The van der Waals surface area contributed by atoms with E-state index in [1.165, 1.54) is 9.58 Å². The van der Waals surface area contributed by atoms with Crippen molar-refractivity contribution in [2.75, 3.05) is 11.4 Å². The number of nitrogens with zero attached hydrogens (tertiary/aromatic N) is 5. The average molecular weight is 273 g/mol. The van der Waals surface area contributed by atoms with Gasteiger partial charge in [-0.3, -0.25) is 4.90 Å². The topological polar surface area (TPSA) is 73.0 Å². The minimum Gasteiger partial charge on any atom is -0.293 e. The maximum Gasteiger partial charge on any atom is 0.372 e. The Labute approximate surface area is 115 Å². The SMILES string of the molecule is CCN(C(=O)n1nnn(C2CC2)c1=O)c1ccccc1. The maximum absolute atomic E-state index is 12.4. The monoisotopic (exact) mass is 273 g/mol. The van der Waals surface area contributed by atoms with Crippen LogP contribution in [0.1, 0.15) is 25.8 Å². The summed E-state index contributed by atoms with van der Waals surface area (Å²) >= 11 is 0. The number of rotatable bonds is 3. The molecule has 0 atom stereocenters. The molecule has 1 aromatic heterocycles. The summed E-state index contributed by atoms with van der Waals surface area (Å²) in [6, 6.07) is 8.82. The fourth-order valence-corrected chi connectivity index (χ4v) is 2.08. The van der Waals surface area contributed by atoms with E-state index in [1.54, 1.807) is 0 Å². The number of anilines is 1. The van der Waals surface area contributed by atoms with Crippen LogP contribution in [0.4, 0.5) is 10.5 Å². The van der Waals surface area contributed by atoms with Crippen molar-refractivity contribution >= 4 is 11.7 Å². The Morgan fingerprint density at radius 1 is 1.30 bits per heavy atom. The Hall–Kier alpha value is -2.44. The van der Waals surface area contributed by atoms with Crippen LogP contribution in [0.25, 0.3) is 0 Å². The molecule has 0 aliphatic heterocycles. The Bertz CT molecular complexity index is 672. The van der Waals surface area contributed by atoms with Crippen molar-refractivity contribution in [3.63, 3.8) is 0 Å². The highest BCUT2D eigenvalue weighted by Gasteiger charge is 2.30. The molecule has 1 heterocycles. The minimum absolute atomic E-state index is 0.107. The lowest BCUT2D eigenvalue weighted by Gasteiger charge is -2.19. The van der Waals surface area contributed by atoms with Crippen LogP contribution in [-0.4, -0.2) is 32.4 Å². The van der Waals surface area contributed by atoms with Crippen molar-refractivity contribution in [2.24, 2.45) is 0 Å². The third-order valence-corrected chi connectivity index (χ3v) is 3.29. The van der Waals surface area contributed by atoms with Gasteiger partial charge in [0.15, 0.2) is 0 Å². The highest BCUT2D eigenvalue weighted by molar-refractivity contribution is 5.92. The third-order valence-electron chi connectivity index (χ3n) is 3.29. The highest BCUT2D eigenvalue weighted by Crippen LogP contribution is 2.32. The second kappa shape index (κ2) is 4.92. The summed E-state index contributed by atoms with van der Waals surface area (Å²) < 4.78 is 2.12. The lowest BCUT2D eigenvalue weighted by Crippen LogP contribution is -2.41. The van der Waals surface area contributed by atoms with E-state index in [1.807, 2.05) is 37.3 Å². The molecule has 1 aliphatic carbocycles. The quantitative estimate of drug-likeness (QED) is 0.789. The van der Waals surface area contributed by atoms with Crippen LogP contribution < -0.4 is 10.6 Å². The van der Waals surface area contributed by atoms with E-state index in [2.05, 4.69) is 10.4 Å². The molecule has 1 fully saturated rings. The molecule has 1 saturated carbocycles. The normalized spacial score (nSPS) is 14.2. The predicted octanol–water partition coefficient (Wildman–Crippen LogP) is 1.27. The summed E-state index contributed by atoms with van der Waals surface area (Å²) in [5.74, 6) is 0. The molecule has 7 heteroatoms. The van der Waals surface area contributed by atoms with Gasteiger partial charge in [0.05, 0.1) is 6.04 Å². The Morgan fingerprint density at radius 2 is 2.00 bits per heavy atom. The van der Waals surface area contributed by atoms with E-state index in [9.17, 15) is 9.59 Å². The van der Waals surface area contributed by atoms with Crippen molar-refractivity contribution in [2.45, 2.75) is 25.8 Å². The van der Waals surface area contributed by atoms with Crippen LogP contribution in [0, 0.1) is 0 Å². The van der Waals surface area contributed by atoms with Crippen LogP contribution in [0.2, 0.25) is 0 Å². The van der Waals surface area contributed by atoms with Crippen LogP contribution >= 0.6 is 0 Å². The Kier molecular flexibility index (Phi) is 3.09. The minimum atomic E-state index is -0.476. The van der Waals surface area contributed by atoms with Crippen LogP contribution in [-0.2, 0) is 0 Å². The number of hydrogen-bond acceptors (Lipinski definition) is 4. The number of benzene rings is 1. The maximum atomic E-state index is 12.4. The van der Waals surface area contributed by atoms with Gasteiger partial charge in [0.25, 0.3) is 0 Å². The zero-order valence-corrected chi connectivity index (χ0v) is 11.1. The lowest BCUT2D eigenvalue weighted by molar-refractivity contribution is 0.244. The molecule has 104 valence electrons. The fraction of sp³-hybridized carbons (Fsp3) is 0.385. The number of aromatic nitrogens is 4. The first-order chi connectivity index (χ1) is 9.72. The molecule has 0 spiro atoms. The Balaban J connectivity index is 1.93. The number of carbonyl (C=O) groups is 1. The van der Waals surface area contributed by atoms with Gasteiger partial charge in [-0.2, -0.15) is 4.68 Å². The molecule has 3 rings (SSSR count). The summed E-state index contributed by atoms with van der Waals surface area (Å²) in [7, 11) is 0. The summed E-state index contributed by atoms with van der Waals surface area (Å²) in [5, 5.41) is 7.48. The van der Waals surface area contributed by atoms with Crippen molar-refractivity contribution in [3.05, 3.63) is 40.8 Å². The van der Waals surface area contributed by atoms with E-state index in [4.69, 9.17) is 0 Å². The third kappa shape index (κ3) is 2.11. The summed E-state index contributed by atoms with van der Waals surface area (Å²) in [6.45, 7) is 2.30. The largest absolute Gasteiger partial charge is 0.372 e. The second-order valence-electron chi connectivity index (χ2n) is 4.71. The molecule has 1 aliphatic rings. The number of para-hydroxylation sites is 1. The molecule has 7 nitrogen and oxygen atoms in total. The van der Waals surface area contributed by atoms with Crippen molar-refractivity contribution in [1.82, 2.24) is 19.8 Å². The first-order valence-electron chi connectivity index (χ1n) is 6.63. The van der Waals surface area contributed by atoms with Gasteiger partial charge in [-0.15, -0.1) is 4.68 Å². The number of tetrazole rings is 1. The van der Waals surface area contributed by atoms with E-state index in [0.717, 1.165) is 23.2 Å². The standard InChI is InChI=1S/C13H15N5O2/c1-2-16(10-6-4-3-5-7-10)12(19)18-13(20)17(14-15-18)11-8-9-11/h3-7,11H,2,8-9H2,1H3. The predicted molar refractivity (Wildman–Crippen MR) is 72.8 cm³/mol. The zero-order chi connectivity index (χ0) is 14.1. The molecule has 0 bridgehead atoms. The average Bonchev–Trinajstić information content (AvgIpc) is 3.24. The second-order valence-corrected chi connectivity index (χ2v) is 4.71. The number of amides is 1. The first-order valence-corrected chi connectivity index (χ1v) is 6.63. The summed E-state index contributed by atoms with van der Waals surface area (Å²) in [6.07, 6.45) is 1.84. The van der Waals surface area contributed by atoms with Gasteiger partial charge in [0, 0.05) is 12.2 Å². The molecular formula is C13H15N5O2. The highest BCUT2D eigenvalue weighted by atomic mass is 16.2. The lowest BCUT2D eigenvalue weighted by atomic mass is 10.3. The van der Waals surface area contributed by atoms with Crippen molar-refractivity contribution < 1.29 is 4.79 Å². The van der Waals surface area contributed by atoms with Gasteiger partial charge in [0.2, 0.25) is 0 Å². The smallest absolute Gasteiger partial charge is 0.293 e. The summed E-state index contributed by atoms with van der Waals surface area (Å²) in [4.78, 5) is 26.0. The molecule has 20 heavy (non-hydrogen) atoms. The molecule has 1 aromatic carbocycles. The van der Waals surface area contributed by atoms with E-state index < -0.39 is 11.7 Å². The molecule has 1 amide bonds.